The number of rotatable bonds is 5. The Kier molecular flexibility index (Phi) is 5.51. The van der Waals surface area contributed by atoms with E-state index in [1.807, 2.05) is 45.0 Å². The first-order valence-corrected chi connectivity index (χ1v) is 6.44. The van der Waals surface area contributed by atoms with Gasteiger partial charge in [0.2, 0.25) is 5.91 Å². The molecule has 4 heteroatoms. The molecule has 0 spiro atoms. The van der Waals surface area contributed by atoms with Crippen molar-refractivity contribution in [2.24, 2.45) is 0 Å². The molecule has 1 aromatic carbocycles. The predicted molar refractivity (Wildman–Crippen MR) is 74.6 cm³/mol. The average Bonchev–Trinajstić information content (AvgIpc) is 2.33. The van der Waals surface area contributed by atoms with E-state index in [2.05, 4.69) is 5.32 Å². The summed E-state index contributed by atoms with van der Waals surface area (Å²) in [5, 5.41) is 12.9. The molecule has 1 amide bonds. The lowest BCUT2D eigenvalue weighted by Crippen LogP contribution is -2.24. The van der Waals surface area contributed by atoms with Crippen LogP contribution in [0.2, 0.25) is 0 Å². The lowest BCUT2D eigenvalue weighted by atomic mass is 10.0. The third-order valence-electron chi connectivity index (χ3n) is 2.62. The van der Waals surface area contributed by atoms with Crippen LogP contribution in [-0.4, -0.2) is 23.2 Å². The van der Waals surface area contributed by atoms with Gasteiger partial charge in [0.25, 0.3) is 0 Å². The smallest absolute Gasteiger partial charge is 0.217 e. The Morgan fingerprint density at radius 2 is 2.00 bits per heavy atom. The summed E-state index contributed by atoms with van der Waals surface area (Å²) in [6.45, 7) is 7.97. The summed E-state index contributed by atoms with van der Waals surface area (Å²) in [6.07, 6.45) is -0.691. The fraction of sp³-hybridized carbons (Fsp3) is 0.533. The Morgan fingerprint density at radius 3 is 2.58 bits per heavy atom. The SMILES string of the molecule is CC(=O)NCc1ccccc1C(O)COC(C)(C)C. The van der Waals surface area contributed by atoms with Crippen molar-refractivity contribution >= 4 is 5.91 Å². The highest BCUT2D eigenvalue weighted by Gasteiger charge is 2.17. The Hall–Kier alpha value is -1.39. The summed E-state index contributed by atoms with van der Waals surface area (Å²) in [4.78, 5) is 11.0. The molecular formula is C15H23NO3. The van der Waals surface area contributed by atoms with Crippen LogP contribution in [0.25, 0.3) is 0 Å². The van der Waals surface area contributed by atoms with Gasteiger partial charge in [0.15, 0.2) is 0 Å². The summed E-state index contributed by atoms with van der Waals surface area (Å²) in [5.74, 6) is -0.0877. The number of nitrogens with one attached hydrogen (secondary N) is 1. The second-order valence-corrected chi connectivity index (χ2v) is 5.55. The van der Waals surface area contributed by atoms with Crippen molar-refractivity contribution in [2.75, 3.05) is 6.61 Å². The second-order valence-electron chi connectivity index (χ2n) is 5.55. The Morgan fingerprint density at radius 1 is 1.37 bits per heavy atom. The zero-order valence-corrected chi connectivity index (χ0v) is 12.1. The van der Waals surface area contributed by atoms with Crippen LogP contribution in [0.15, 0.2) is 24.3 Å². The van der Waals surface area contributed by atoms with E-state index < -0.39 is 6.10 Å². The monoisotopic (exact) mass is 265 g/mol. The van der Waals surface area contributed by atoms with Gasteiger partial charge in [0.05, 0.1) is 12.2 Å². The van der Waals surface area contributed by atoms with Crippen molar-refractivity contribution < 1.29 is 14.6 Å². The molecule has 1 aromatic rings. The molecule has 0 radical (unpaired) electrons. The molecule has 19 heavy (non-hydrogen) atoms. The van der Waals surface area contributed by atoms with Crippen molar-refractivity contribution in [3.05, 3.63) is 35.4 Å². The summed E-state index contributed by atoms with van der Waals surface area (Å²) in [6, 6.07) is 7.50. The molecule has 0 aliphatic rings. The van der Waals surface area contributed by atoms with Crippen LogP contribution in [0.3, 0.4) is 0 Å². The molecule has 0 aliphatic heterocycles. The van der Waals surface area contributed by atoms with E-state index in [-0.39, 0.29) is 18.1 Å². The minimum Gasteiger partial charge on any atom is -0.386 e. The third-order valence-corrected chi connectivity index (χ3v) is 2.62. The van der Waals surface area contributed by atoms with E-state index in [4.69, 9.17) is 4.74 Å². The Balaban J connectivity index is 2.72. The largest absolute Gasteiger partial charge is 0.386 e. The van der Waals surface area contributed by atoms with Gasteiger partial charge >= 0.3 is 0 Å². The third kappa shape index (κ3) is 5.85. The van der Waals surface area contributed by atoms with E-state index in [0.717, 1.165) is 11.1 Å². The molecule has 4 nitrogen and oxygen atoms in total. The first-order valence-electron chi connectivity index (χ1n) is 6.44. The molecule has 0 saturated carbocycles. The molecule has 106 valence electrons. The number of aliphatic hydroxyl groups excluding tert-OH is 1. The van der Waals surface area contributed by atoms with E-state index >= 15 is 0 Å². The molecular weight excluding hydrogens is 242 g/mol. The van der Waals surface area contributed by atoms with Crippen molar-refractivity contribution in [1.82, 2.24) is 5.32 Å². The van der Waals surface area contributed by atoms with Gasteiger partial charge in [-0.05, 0) is 31.9 Å². The van der Waals surface area contributed by atoms with Crippen LogP contribution in [-0.2, 0) is 16.1 Å². The number of carbonyl (C=O) groups is 1. The maximum Gasteiger partial charge on any atom is 0.217 e. The maximum absolute atomic E-state index is 11.0. The molecule has 1 unspecified atom stereocenters. The molecule has 0 saturated heterocycles. The van der Waals surface area contributed by atoms with Crippen LogP contribution in [0.5, 0.6) is 0 Å². The topological polar surface area (TPSA) is 58.6 Å². The van der Waals surface area contributed by atoms with E-state index in [0.29, 0.717) is 6.54 Å². The van der Waals surface area contributed by atoms with Crippen LogP contribution in [0.4, 0.5) is 0 Å². The van der Waals surface area contributed by atoms with Crippen molar-refractivity contribution in [3.63, 3.8) is 0 Å². The van der Waals surface area contributed by atoms with Crippen molar-refractivity contribution in [3.8, 4) is 0 Å². The average molecular weight is 265 g/mol. The number of aliphatic hydroxyl groups is 1. The van der Waals surface area contributed by atoms with Gasteiger partial charge in [-0.1, -0.05) is 24.3 Å². The number of hydrogen-bond donors (Lipinski definition) is 2. The van der Waals surface area contributed by atoms with Crippen molar-refractivity contribution in [2.45, 2.75) is 45.9 Å². The van der Waals surface area contributed by atoms with Crippen LogP contribution in [0.1, 0.15) is 44.9 Å². The highest BCUT2D eigenvalue weighted by molar-refractivity contribution is 5.72. The molecule has 0 fully saturated rings. The first-order chi connectivity index (χ1) is 8.79. The zero-order chi connectivity index (χ0) is 14.5. The van der Waals surface area contributed by atoms with Crippen LogP contribution in [0, 0.1) is 0 Å². The standard InChI is InChI=1S/C15H23NO3/c1-11(17)16-9-12-7-5-6-8-13(12)14(18)10-19-15(2,3)4/h5-8,14,18H,9-10H2,1-4H3,(H,16,17). The molecule has 1 rings (SSSR count). The Bertz CT molecular complexity index is 424. The number of carbonyl (C=O) groups excluding carboxylic acids is 1. The van der Waals surface area contributed by atoms with E-state index in [1.54, 1.807) is 0 Å². The highest BCUT2D eigenvalue weighted by Crippen LogP contribution is 2.20. The molecule has 0 bridgehead atoms. The van der Waals surface area contributed by atoms with Crippen LogP contribution >= 0.6 is 0 Å². The number of ether oxygens (including phenoxy) is 1. The van der Waals surface area contributed by atoms with Gasteiger partial charge in [-0.25, -0.2) is 0 Å². The van der Waals surface area contributed by atoms with Gasteiger partial charge in [-0.2, -0.15) is 0 Å². The fourth-order valence-corrected chi connectivity index (χ4v) is 1.66. The molecule has 2 N–H and O–H groups in total. The maximum atomic E-state index is 11.0. The predicted octanol–water partition coefficient (Wildman–Crippen LogP) is 2.17. The normalized spacial score (nSPS) is 13.1. The minimum atomic E-state index is -0.691. The summed E-state index contributed by atoms with van der Waals surface area (Å²) < 4.78 is 5.59. The lowest BCUT2D eigenvalue weighted by Gasteiger charge is -2.23. The van der Waals surface area contributed by atoms with Crippen LogP contribution < -0.4 is 5.32 Å². The Labute approximate surface area is 114 Å². The summed E-state index contributed by atoms with van der Waals surface area (Å²) in [7, 11) is 0. The molecule has 0 aromatic heterocycles. The lowest BCUT2D eigenvalue weighted by molar-refractivity contribution is -0.119. The summed E-state index contributed by atoms with van der Waals surface area (Å²) >= 11 is 0. The highest BCUT2D eigenvalue weighted by atomic mass is 16.5. The van der Waals surface area contributed by atoms with Crippen molar-refractivity contribution in [1.29, 1.82) is 0 Å². The number of hydrogen-bond acceptors (Lipinski definition) is 3. The summed E-state index contributed by atoms with van der Waals surface area (Å²) in [5.41, 5.74) is 1.41. The van der Waals surface area contributed by atoms with E-state index in [1.165, 1.54) is 6.92 Å². The second kappa shape index (κ2) is 6.68. The quantitative estimate of drug-likeness (QED) is 0.858. The molecule has 0 heterocycles. The zero-order valence-electron chi connectivity index (χ0n) is 12.1. The molecule has 0 aliphatic carbocycles. The van der Waals surface area contributed by atoms with E-state index in [9.17, 15) is 9.90 Å². The minimum absolute atomic E-state index is 0.0877. The number of benzene rings is 1. The fourth-order valence-electron chi connectivity index (χ4n) is 1.66. The number of amides is 1. The van der Waals surface area contributed by atoms with Gasteiger partial charge in [-0.3, -0.25) is 4.79 Å². The molecule has 1 atom stereocenters. The first kappa shape index (κ1) is 15.7. The van der Waals surface area contributed by atoms with Gasteiger partial charge in [0.1, 0.15) is 6.10 Å². The van der Waals surface area contributed by atoms with Gasteiger partial charge < -0.3 is 15.2 Å². The van der Waals surface area contributed by atoms with Gasteiger partial charge in [-0.15, -0.1) is 0 Å². The van der Waals surface area contributed by atoms with Gasteiger partial charge in [0, 0.05) is 13.5 Å².